The highest BCUT2D eigenvalue weighted by atomic mass is 16.3. The van der Waals surface area contributed by atoms with Crippen LogP contribution in [0.3, 0.4) is 0 Å². The highest BCUT2D eigenvalue weighted by Crippen LogP contribution is 2.44. The Hall–Kier alpha value is -0.0800. The van der Waals surface area contributed by atoms with Crippen LogP contribution in [0.25, 0.3) is 0 Å². The van der Waals surface area contributed by atoms with E-state index in [-0.39, 0.29) is 6.04 Å². The molecule has 1 unspecified atom stereocenters. The summed E-state index contributed by atoms with van der Waals surface area (Å²) in [6.07, 6.45) is 5.49. The molecule has 0 spiro atoms. The predicted octanol–water partition coefficient (Wildman–Crippen LogP) is 3.34. The molecule has 0 aliphatic heterocycles. The summed E-state index contributed by atoms with van der Waals surface area (Å²) >= 11 is 0. The Kier molecular flexibility index (Phi) is 5.03. The molecule has 0 amide bonds. The molecule has 1 rings (SSSR count). The first-order valence-corrected chi connectivity index (χ1v) is 7.31. The maximum absolute atomic E-state index is 10.7. The third kappa shape index (κ3) is 3.45. The number of rotatable bonds is 5. The number of hydrogen-bond donors (Lipinski definition) is 2. The number of nitrogens with one attached hydrogen (secondary N) is 1. The lowest BCUT2D eigenvalue weighted by atomic mass is 9.65. The first-order chi connectivity index (χ1) is 7.85. The van der Waals surface area contributed by atoms with Crippen molar-refractivity contribution < 1.29 is 5.11 Å². The first kappa shape index (κ1) is 15.0. The van der Waals surface area contributed by atoms with E-state index in [9.17, 15) is 5.11 Å². The van der Waals surface area contributed by atoms with E-state index in [4.69, 9.17) is 0 Å². The van der Waals surface area contributed by atoms with E-state index in [2.05, 4.69) is 39.9 Å². The standard InChI is InChI=1S/C15H31NO/c1-6-14(4,5)13-8-10-15(17,11-9-13)12(3)16-7-2/h12-13,16-17H,6-11H2,1-5H3. The van der Waals surface area contributed by atoms with Gasteiger partial charge in [-0.1, -0.05) is 34.1 Å². The molecule has 1 atom stereocenters. The van der Waals surface area contributed by atoms with Crippen LogP contribution in [0, 0.1) is 11.3 Å². The quantitative estimate of drug-likeness (QED) is 0.773. The van der Waals surface area contributed by atoms with Gasteiger partial charge in [-0.15, -0.1) is 0 Å². The van der Waals surface area contributed by atoms with Gasteiger partial charge in [-0.2, -0.15) is 0 Å². The third-order valence-corrected chi connectivity index (χ3v) is 5.18. The summed E-state index contributed by atoms with van der Waals surface area (Å²) in [6, 6.07) is 0.221. The lowest BCUT2D eigenvalue weighted by molar-refractivity contribution is -0.0508. The summed E-state index contributed by atoms with van der Waals surface area (Å²) in [5.74, 6) is 0.779. The van der Waals surface area contributed by atoms with Crippen LogP contribution in [0.1, 0.15) is 66.7 Å². The Balaban J connectivity index is 2.55. The zero-order chi connectivity index (χ0) is 13.1. The van der Waals surface area contributed by atoms with Gasteiger partial charge in [0.05, 0.1) is 5.60 Å². The van der Waals surface area contributed by atoms with Gasteiger partial charge in [0.2, 0.25) is 0 Å². The molecule has 2 heteroatoms. The molecule has 0 saturated heterocycles. The van der Waals surface area contributed by atoms with Gasteiger partial charge in [0.25, 0.3) is 0 Å². The molecule has 0 heterocycles. The maximum atomic E-state index is 10.7. The molecule has 0 aromatic carbocycles. The Labute approximate surface area is 107 Å². The van der Waals surface area contributed by atoms with E-state index in [1.165, 1.54) is 19.3 Å². The molecule has 0 bridgehead atoms. The van der Waals surface area contributed by atoms with Crippen LogP contribution in [0.2, 0.25) is 0 Å². The van der Waals surface area contributed by atoms with Gasteiger partial charge >= 0.3 is 0 Å². The zero-order valence-electron chi connectivity index (χ0n) is 12.3. The molecule has 102 valence electrons. The number of likely N-dealkylation sites (N-methyl/N-ethyl adjacent to an activating group) is 1. The Bertz CT molecular complexity index is 229. The van der Waals surface area contributed by atoms with Crippen LogP contribution in [0.4, 0.5) is 0 Å². The first-order valence-electron chi connectivity index (χ1n) is 7.31. The van der Waals surface area contributed by atoms with Gasteiger partial charge in [0.15, 0.2) is 0 Å². The Morgan fingerprint density at radius 2 is 1.82 bits per heavy atom. The molecule has 1 saturated carbocycles. The predicted molar refractivity (Wildman–Crippen MR) is 74.1 cm³/mol. The molecule has 1 fully saturated rings. The van der Waals surface area contributed by atoms with Crippen LogP contribution in [0.5, 0.6) is 0 Å². The molecule has 0 aromatic rings. The maximum Gasteiger partial charge on any atom is 0.0797 e. The van der Waals surface area contributed by atoms with Crippen molar-refractivity contribution in [1.29, 1.82) is 0 Å². The van der Waals surface area contributed by atoms with E-state index in [1.54, 1.807) is 0 Å². The molecule has 0 radical (unpaired) electrons. The molecular weight excluding hydrogens is 210 g/mol. The highest BCUT2D eigenvalue weighted by molar-refractivity contribution is 4.95. The van der Waals surface area contributed by atoms with Crippen LogP contribution < -0.4 is 5.32 Å². The third-order valence-electron chi connectivity index (χ3n) is 5.18. The zero-order valence-corrected chi connectivity index (χ0v) is 12.3. The Morgan fingerprint density at radius 3 is 2.24 bits per heavy atom. The molecule has 1 aliphatic rings. The van der Waals surface area contributed by atoms with Crippen molar-refractivity contribution in [2.24, 2.45) is 11.3 Å². The average Bonchev–Trinajstić information content (AvgIpc) is 2.30. The largest absolute Gasteiger partial charge is 0.388 e. The topological polar surface area (TPSA) is 32.3 Å². The van der Waals surface area contributed by atoms with Gasteiger partial charge in [0.1, 0.15) is 0 Å². The minimum Gasteiger partial charge on any atom is -0.388 e. The van der Waals surface area contributed by atoms with Crippen LogP contribution >= 0.6 is 0 Å². The minimum atomic E-state index is -0.476. The summed E-state index contributed by atoms with van der Waals surface area (Å²) < 4.78 is 0. The lowest BCUT2D eigenvalue weighted by Gasteiger charge is -2.45. The Morgan fingerprint density at radius 1 is 1.29 bits per heavy atom. The molecule has 17 heavy (non-hydrogen) atoms. The van der Waals surface area contributed by atoms with E-state index in [0.29, 0.717) is 5.41 Å². The van der Waals surface area contributed by atoms with Crippen molar-refractivity contribution in [3.63, 3.8) is 0 Å². The fourth-order valence-electron chi connectivity index (χ4n) is 3.12. The normalized spacial score (nSPS) is 32.5. The second-order valence-electron chi connectivity index (χ2n) is 6.50. The second-order valence-corrected chi connectivity index (χ2v) is 6.50. The van der Waals surface area contributed by atoms with Crippen LogP contribution in [0.15, 0.2) is 0 Å². The monoisotopic (exact) mass is 241 g/mol. The van der Waals surface area contributed by atoms with E-state index in [0.717, 1.165) is 25.3 Å². The molecule has 2 N–H and O–H groups in total. The molecular formula is C15H31NO. The van der Waals surface area contributed by atoms with Crippen molar-refractivity contribution in [3.05, 3.63) is 0 Å². The van der Waals surface area contributed by atoms with Crippen LogP contribution in [-0.2, 0) is 0 Å². The summed E-state index contributed by atoms with van der Waals surface area (Å²) in [5, 5.41) is 14.0. The molecule has 0 aromatic heterocycles. The van der Waals surface area contributed by atoms with Crippen LogP contribution in [-0.4, -0.2) is 23.3 Å². The van der Waals surface area contributed by atoms with Gasteiger partial charge < -0.3 is 10.4 Å². The van der Waals surface area contributed by atoms with Crippen molar-refractivity contribution in [3.8, 4) is 0 Å². The summed E-state index contributed by atoms with van der Waals surface area (Å²) in [6.45, 7) is 12.2. The fraction of sp³-hybridized carbons (Fsp3) is 1.00. The van der Waals surface area contributed by atoms with Crippen molar-refractivity contribution in [2.45, 2.75) is 78.4 Å². The van der Waals surface area contributed by atoms with Crippen molar-refractivity contribution >= 4 is 0 Å². The lowest BCUT2D eigenvalue weighted by Crippen LogP contribution is -2.51. The van der Waals surface area contributed by atoms with Gasteiger partial charge in [-0.05, 0) is 50.5 Å². The number of hydrogen-bond acceptors (Lipinski definition) is 2. The molecule has 1 aliphatic carbocycles. The fourth-order valence-corrected chi connectivity index (χ4v) is 3.12. The second kappa shape index (κ2) is 5.71. The average molecular weight is 241 g/mol. The summed E-state index contributed by atoms with van der Waals surface area (Å²) in [4.78, 5) is 0. The molecule has 2 nitrogen and oxygen atoms in total. The van der Waals surface area contributed by atoms with Gasteiger partial charge in [-0.3, -0.25) is 0 Å². The highest BCUT2D eigenvalue weighted by Gasteiger charge is 2.41. The van der Waals surface area contributed by atoms with E-state index in [1.807, 2.05) is 0 Å². The van der Waals surface area contributed by atoms with Gasteiger partial charge in [-0.25, -0.2) is 0 Å². The summed E-state index contributed by atoms with van der Waals surface area (Å²) in [7, 11) is 0. The number of aliphatic hydroxyl groups is 1. The van der Waals surface area contributed by atoms with E-state index >= 15 is 0 Å². The van der Waals surface area contributed by atoms with Crippen molar-refractivity contribution in [2.75, 3.05) is 6.54 Å². The summed E-state index contributed by atoms with van der Waals surface area (Å²) in [5.41, 5.74) is -0.0426. The minimum absolute atomic E-state index is 0.221. The van der Waals surface area contributed by atoms with Gasteiger partial charge in [0, 0.05) is 6.04 Å². The van der Waals surface area contributed by atoms with Crippen molar-refractivity contribution in [1.82, 2.24) is 5.32 Å². The van der Waals surface area contributed by atoms with E-state index < -0.39 is 5.60 Å². The SMILES string of the molecule is CCNC(C)C1(O)CCC(C(C)(C)CC)CC1. The smallest absolute Gasteiger partial charge is 0.0797 e.